The molecule has 2 unspecified atom stereocenters. The number of rotatable bonds is 2. The maximum atomic E-state index is 12.6. The Hall–Kier alpha value is -1.84. The number of hydrogen-bond acceptors (Lipinski definition) is 2. The zero-order valence-corrected chi connectivity index (χ0v) is 11.2. The molecule has 1 saturated heterocycles. The summed E-state index contributed by atoms with van der Waals surface area (Å²) in [5, 5.41) is 2.87. The molecule has 3 rings (SSSR count). The van der Waals surface area contributed by atoms with E-state index in [1.807, 2.05) is 31.2 Å². The van der Waals surface area contributed by atoms with Crippen molar-refractivity contribution >= 4 is 17.5 Å². The molecule has 1 N–H and O–H groups in total. The van der Waals surface area contributed by atoms with Crippen LogP contribution in [0.25, 0.3) is 0 Å². The SMILES string of the molecule is Cc1ccccc1N1C(=O)C(C2CC2)NC(=O)C1C. The number of carbonyl (C=O) groups is 2. The Morgan fingerprint density at radius 1 is 1.21 bits per heavy atom. The van der Waals surface area contributed by atoms with Crippen LogP contribution in [0.15, 0.2) is 24.3 Å². The van der Waals surface area contributed by atoms with E-state index in [0.29, 0.717) is 5.92 Å². The highest BCUT2D eigenvalue weighted by molar-refractivity contribution is 6.08. The molecule has 2 aliphatic rings. The zero-order chi connectivity index (χ0) is 13.6. The second-order valence-corrected chi connectivity index (χ2v) is 5.49. The molecule has 100 valence electrons. The van der Waals surface area contributed by atoms with Crippen LogP contribution in [0.1, 0.15) is 25.3 Å². The van der Waals surface area contributed by atoms with Crippen LogP contribution in [0.3, 0.4) is 0 Å². The van der Waals surface area contributed by atoms with Crippen molar-refractivity contribution in [3.8, 4) is 0 Å². The van der Waals surface area contributed by atoms with E-state index < -0.39 is 6.04 Å². The highest BCUT2D eigenvalue weighted by atomic mass is 16.2. The number of piperazine rings is 1. The Balaban J connectivity index is 1.99. The average Bonchev–Trinajstić information content (AvgIpc) is 3.20. The van der Waals surface area contributed by atoms with Gasteiger partial charge in [-0.3, -0.25) is 14.5 Å². The molecule has 19 heavy (non-hydrogen) atoms. The maximum absolute atomic E-state index is 12.6. The van der Waals surface area contributed by atoms with Crippen LogP contribution < -0.4 is 10.2 Å². The third-order valence-corrected chi connectivity index (χ3v) is 4.04. The summed E-state index contributed by atoms with van der Waals surface area (Å²) < 4.78 is 0. The smallest absolute Gasteiger partial charge is 0.250 e. The van der Waals surface area contributed by atoms with Crippen molar-refractivity contribution in [2.24, 2.45) is 5.92 Å². The average molecular weight is 258 g/mol. The van der Waals surface area contributed by atoms with Crippen molar-refractivity contribution < 1.29 is 9.59 Å². The fourth-order valence-electron chi connectivity index (χ4n) is 2.70. The molecule has 1 aromatic rings. The Labute approximate surface area is 112 Å². The summed E-state index contributed by atoms with van der Waals surface area (Å²) >= 11 is 0. The van der Waals surface area contributed by atoms with Crippen LogP contribution in [-0.2, 0) is 9.59 Å². The summed E-state index contributed by atoms with van der Waals surface area (Å²) in [6, 6.07) is 6.95. The van der Waals surface area contributed by atoms with Gasteiger partial charge < -0.3 is 5.32 Å². The van der Waals surface area contributed by atoms with Crippen LogP contribution in [0, 0.1) is 12.8 Å². The van der Waals surface area contributed by atoms with Crippen molar-refractivity contribution in [3.05, 3.63) is 29.8 Å². The minimum atomic E-state index is -0.441. The van der Waals surface area contributed by atoms with Gasteiger partial charge in [0.25, 0.3) is 5.91 Å². The Morgan fingerprint density at radius 3 is 2.53 bits per heavy atom. The van der Waals surface area contributed by atoms with Crippen LogP contribution in [0.2, 0.25) is 0 Å². The second kappa shape index (κ2) is 4.37. The predicted octanol–water partition coefficient (Wildman–Crippen LogP) is 1.62. The molecule has 2 fully saturated rings. The number of para-hydroxylation sites is 1. The molecule has 1 aliphatic carbocycles. The van der Waals surface area contributed by atoms with E-state index in [0.717, 1.165) is 24.1 Å². The van der Waals surface area contributed by atoms with Crippen LogP contribution in [0.4, 0.5) is 5.69 Å². The predicted molar refractivity (Wildman–Crippen MR) is 72.8 cm³/mol. The monoisotopic (exact) mass is 258 g/mol. The number of benzene rings is 1. The molecule has 2 amide bonds. The van der Waals surface area contributed by atoms with Gasteiger partial charge in [0, 0.05) is 5.69 Å². The van der Waals surface area contributed by atoms with Crippen molar-refractivity contribution in [3.63, 3.8) is 0 Å². The minimum Gasteiger partial charge on any atom is -0.342 e. The largest absolute Gasteiger partial charge is 0.342 e. The molecule has 1 saturated carbocycles. The van der Waals surface area contributed by atoms with Gasteiger partial charge >= 0.3 is 0 Å². The normalized spacial score (nSPS) is 27.4. The van der Waals surface area contributed by atoms with Gasteiger partial charge in [0.1, 0.15) is 12.1 Å². The lowest BCUT2D eigenvalue weighted by Gasteiger charge is -2.38. The number of anilines is 1. The van der Waals surface area contributed by atoms with Crippen LogP contribution in [0.5, 0.6) is 0 Å². The fourth-order valence-corrected chi connectivity index (χ4v) is 2.70. The summed E-state index contributed by atoms with van der Waals surface area (Å²) in [7, 11) is 0. The Bertz CT molecular complexity index is 537. The number of amides is 2. The van der Waals surface area contributed by atoms with Crippen LogP contribution >= 0.6 is 0 Å². The van der Waals surface area contributed by atoms with E-state index >= 15 is 0 Å². The number of nitrogens with one attached hydrogen (secondary N) is 1. The molecular weight excluding hydrogens is 240 g/mol. The fraction of sp³-hybridized carbons (Fsp3) is 0.467. The third kappa shape index (κ3) is 2.01. The van der Waals surface area contributed by atoms with Crippen molar-refractivity contribution in [2.75, 3.05) is 4.90 Å². The molecule has 0 radical (unpaired) electrons. The molecule has 0 aromatic heterocycles. The van der Waals surface area contributed by atoms with Gasteiger partial charge in [0.2, 0.25) is 5.91 Å². The number of carbonyl (C=O) groups excluding carboxylic acids is 2. The van der Waals surface area contributed by atoms with Crippen molar-refractivity contribution in [1.29, 1.82) is 0 Å². The van der Waals surface area contributed by atoms with E-state index in [-0.39, 0.29) is 17.9 Å². The Morgan fingerprint density at radius 2 is 1.89 bits per heavy atom. The summed E-state index contributed by atoms with van der Waals surface area (Å²) in [6.45, 7) is 3.75. The lowest BCUT2D eigenvalue weighted by Crippen LogP contribution is -2.63. The van der Waals surface area contributed by atoms with E-state index in [9.17, 15) is 9.59 Å². The molecule has 4 heteroatoms. The first-order chi connectivity index (χ1) is 9.09. The minimum absolute atomic E-state index is 0.0314. The van der Waals surface area contributed by atoms with E-state index in [2.05, 4.69) is 5.32 Å². The van der Waals surface area contributed by atoms with Crippen molar-refractivity contribution in [1.82, 2.24) is 5.32 Å². The summed E-state index contributed by atoms with van der Waals surface area (Å²) in [5.74, 6) is 0.305. The first kappa shape index (κ1) is 12.2. The lowest BCUT2D eigenvalue weighted by molar-refractivity contribution is -0.134. The highest BCUT2D eigenvalue weighted by Gasteiger charge is 2.46. The van der Waals surface area contributed by atoms with Gasteiger partial charge in [0.15, 0.2) is 0 Å². The molecule has 4 nitrogen and oxygen atoms in total. The molecule has 2 atom stereocenters. The van der Waals surface area contributed by atoms with Gasteiger partial charge in [-0.2, -0.15) is 0 Å². The summed E-state index contributed by atoms with van der Waals surface area (Å²) in [5.41, 5.74) is 1.87. The quantitative estimate of drug-likeness (QED) is 0.876. The number of nitrogens with zero attached hydrogens (tertiary/aromatic N) is 1. The lowest BCUT2D eigenvalue weighted by atomic mass is 10.0. The molecule has 1 aliphatic heterocycles. The molecule has 0 bridgehead atoms. The molecular formula is C15H18N2O2. The van der Waals surface area contributed by atoms with Crippen molar-refractivity contribution in [2.45, 2.75) is 38.8 Å². The van der Waals surface area contributed by atoms with Gasteiger partial charge in [-0.25, -0.2) is 0 Å². The first-order valence-electron chi connectivity index (χ1n) is 6.78. The molecule has 1 aromatic carbocycles. The number of aryl methyl sites for hydroxylation is 1. The standard InChI is InChI=1S/C15H18N2O2/c1-9-5-3-4-6-12(9)17-10(2)14(18)16-13(15(17)19)11-7-8-11/h3-6,10-11,13H,7-8H2,1-2H3,(H,16,18). The summed E-state index contributed by atoms with van der Waals surface area (Å²) in [6.07, 6.45) is 2.07. The molecule has 0 spiro atoms. The zero-order valence-electron chi connectivity index (χ0n) is 11.2. The summed E-state index contributed by atoms with van der Waals surface area (Å²) in [4.78, 5) is 26.4. The van der Waals surface area contributed by atoms with E-state index in [1.54, 1.807) is 11.8 Å². The van der Waals surface area contributed by atoms with E-state index in [4.69, 9.17) is 0 Å². The topological polar surface area (TPSA) is 49.4 Å². The van der Waals surface area contributed by atoms with E-state index in [1.165, 1.54) is 0 Å². The van der Waals surface area contributed by atoms with Gasteiger partial charge in [0.05, 0.1) is 0 Å². The Kier molecular flexibility index (Phi) is 2.81. The third-order valence-electron chi connectivity index (χ3n) is 4.04. The molecule has 1 heterocycles. The first-order valence-corrected chi connectivity index (χ1v) is 6.78. The van der Waals surface area contributed by atoms with Gasteiger partial charge in [-0.05, 0) is 44.2 Å². The van der Waals surface area contributed by atoms with Gasteiger partial charge in [-0.15, -0.1) is 0 Å². The maximum Gasteiger partial charge on any atom is 0.250 e. The van der Waals surface area contributed by atoms with Gasteiger partial charge in [-0.1, -0.05) is 18.2 Å². The number of hydrogen-bond donors (Lipinski definition) is 1. The van der Waals surface area contributed by atoms with Crippen LogP contribution in [-0.4, -0.2) is 23.9 Å². The second-order valence-electron chi connectivity index (χ2n) is 5.49. The highest BCUT2D eigenvalue weighted by Crippen LogP contribution is 2.36.